The second-order valence-corrected chi connectivity index (χ2v) is 6.71. The van der Waals surface area contributed by atoms with Gasteiger partial charge in [0.2, 0.25) is 5.91 Å². The molecule has 132 valence electrons. The van der Waals surface area contributed by atoms with E-state index in [-0.39, 0.29) is 17.7 Å². The SMILES string of the molecule is CCc1cc(C(=O)N2C[C@@H]3COCC[C@]3(C(=O)NC)C2)oc1CC. The average Bonchev–Trinajstić information content (AvgIpc) is 3.21. The van der Waals surface area contributed by atoms with E-state index in [0.717, 1.165) is 24.2 Å². The number of fused-ring (bicyclic) bond motifs is 1. The normalized spacial score (nSPS) is 26.3. The van der Waals surface area contributed by atoms with Crippen molar-refractivity contribution in [2.24, 2.45) is 11.3 Å². The zero-order chi connectivity index (χ0) is 17.3. The third-order valence-corrected chi connectivity index (χ3v) is 5.48. The fraction of sp³-hybridized carbons (Fsp3) is 0.667. The molecule has 6 nitrogen and oxygen atoms in total. The minimum Gasteiger partial charge on any atom is -0.456 e. The summed E-state index contributed by atoms with van der Waals surface area (Å²) in [7, 11) is 1.65. The molecule has 0 bridgehead atoms. The van der Waals surface area contributed by atoms with Crippen molar-refractivity contribution in [3.8, 4) is 0 Å². The molecule has 0 aliphatic carbocycles. The Morgan fingerprint density at radius 3 is 2.79 bits per heavy atom. The molecule has 0 unspecified atom stereocenters. The van der Waals surface area contributed by atoms with E-state index < -0.39 is 5.41 Å². The summed E-state index contributed by atoms with van der Waals surface area (Å²) < 4.78 is 11.3. The molecule has 0 saturated carbocycles. The number of furan rings is 1. The van der Waals surface area contributed by atoms with Crippen LogP contribution in [0.15, 0.2) is 10.5 Å². The fourth-order valence-corrected chi connectivity index (χ4v) is 4.05. The molecule has 1 N–H and O–H groups in total. The summed E-state index contributed by atoms with van der Waals surface area (Å²) >= 11 is 0. The molecule has 6 heteroatoms. The van der Waals surface area contributed by atoms with Crippen LogP contribution < -0.4 is 5.32 Å². The van der Waals surface area contributed by atoms with E-state index in [1.54, 1.807) is 11.9 Å². The molecule has 0 aromatic carbocycles. The van der Waals surface area contributed by atoms with Crippen LogP contribution in [0.2, 0.25) is 0 Å². The molecule has 2 fully saturated rings. The van der Waals surface area contributed by atoms with Crippen LogP contribution in [0.5, 0.6) is 0 Å². The first-order valence-corrected chi connectivity index (χ1v) is 8.76. The number of aryl methyl sites for hydroxylation is 2. The highest BCUT2D eigenvalue weighted by atomic mass is 16.5. The van der Waals surface area contributed by atoms with Gasteiger partial charge >= 0.3 is 0 Å². The van der Waals surface area contributed by atoms with Gasteiger partial charge in [-0.3, -0.25) is 9.59 Å². The highest BCUT2D eigenvalue weighted by Crippen LogP contribution is 2.43. The summed E-state index contributed by atoms with van der Waals surface area (Å²) in [5.41, 5.74) is 0.554. The lowest BCUT2D eigenvalue weighted by Crippen LogP contribution is -2.49. The zero-order valence-corrected chi connectivity index (χ0v) is 14.7. The Morgan fingerprint density at radius 1 is 1.38 bits per heavy atom. The Morgan fingerprint density at radius 2 is 2.17 bits per heavy atom. The molecular weight excluding hydrogens is 308 g/mol. The van der Waals surface area contributed by atoms with Gasteiger partial charge in [-0.05, 0) is 24.5 Å². The topological polar surface area (TPSA) is 71.8 Å². The molecule has 1 aromatic rings. The number of hydrogen-bond acceptors (Lipinski definition) is 4. The van der Waals surface area contributed by atoms with Crippen LogP contribution >= 0.6 is 0 Å². The van der Waals surface area contributed by atoms with Crippen LogP contribution in [-0.4, -0.2) is 50.1 Å². The largest absolute Gasteiger partial charge is 0.456 e. The molecule has 2 aliphatic rings. The lowest BCUT2D eigenvalue weighted by Gasteiger charge is -2.36. The smallest absolute Gasteiger partial charge is 0.289 e. The number of nitrogens with one attached hydrogen (secondary N) is 1. The molecule has 2 aliphatic heterocycles. The summed E-state index contributed by atoms with van der Waals surface area (Å²) in [5.74, 6) is 1.19. The van der Waals surface area contributed by atoms with Crippen LogP contribution in [0.4, 0.5) is 0 Å². The van der Waals surface area contributed by atoms with Crippen molar-refractivity contribution in [3.05, 3.63) is 23.2 Å². The number of carbonyl (C=O) groups excluding carboxylic acids is 2. The highest BCUT2D eigenvalue weighted by Gasteiger charge is 2.54. The molecule has 2 saturated heterocycles. The Bertz CT molecular complexity index is 617. The number of likely N-dealkylation sites (tertiary alicyclic amines) is 1. The van der Waals surface area contributed by atoms with Crippen molar-refractivity contribution in [2.75, 3.05) is 33.4 Å². The quantitative estimate of drug-likeness (QED) is 0.908. The zero-order valence-electron chi connectivity index (χ0n) is 14.7. The molecule has 1 aromatic heterocycles. The van der Waals surface area contributed by atoms with E-state index in [2.05, 4.69) is 12.2 Å². The monoisotopic (exact) mass is 334 g/mol. The molecule has 24 heavy (non-hydrogen) atoms. The molecule has 0 radical (unpaired) electrons. The van der Waals surface area contributed by atoms with Gasteiger partial charge in [-0.1, -0.05) is 13.8 Å². The second kappa shape index (κ2) is 6.59. The predicted octanol–water partition coefficient (Wildman–Crippen LogP) is 1.63. The Hall–Kier alpha value is -1.82. The highest BCUT2D eigenvalue weighted by molar-refractivity contribution is 5.93. The van der Waals surface area contributed by atoms with Crippen LogP contribution in [0.25, 0.3) is 0 Å². The van der Waals surface area contributed by atoms with E-state index in [9.17, 15) is 9.59 Å². The maximum absolute atomic E-state index is 12.9. The number of hydrogen-bond donors (Lipinski definition) is 1. The number of rotatable bonds is 4. The van der Waals surface area contributed by atoms with Gasteiger partial charge in [0.1, 0.15) is 5.76 Å². The first kappa shape index (κ1) is 17.0. The molecule has 2 amide bonds. The number of amides is 2. The van der Waals surface area contributed by atoms with Gasteiger partial charge < -0.3 is 19.4 Å². The molecule has 3 heterocycles. The minimum atomic E-state index is -0.531. The van der Waals surface area contributed by atoms with Gasteiger partial charge in [0.25, 0.3) is 5.91 Å². The third-order valence-electron chi connectivity index (χ3n) is 5.48. The lowest BCUT2D eigenvalue weighted by atomic mass is 9.73. The van der Waals surface area contributed by atoms with Gasteiger partial charge in [0.05, 0.1) is 12.0 Å². The van der Waals surface area contributed by atoms with Gasteiger partial charge in [0, 0.05) is 39.1 Å². The first-order chi connectivity index (χ1) is 11.6. The summed E-state index contributed by atoms with van der Waals surface area (Å²) in [6.07, 6.45) is 2.27. The average molecular weight is 334 g/mol. The molecule has 3 rings (SSSR count). The van der Waals surface area contributed by atoms with Gasteiger partial charge in [-0.2, -0.15) is 0 Å². The fourth-order valence-electron chi connectivity index (χ4n) is 4.05. The Kier molecular flexibility index (Phi) is 4.67. The maximum Gasteiger partial charge on any atom is 0.289 e. The second-order valence-electron chi connectivity index (χ2n) is 6.71. The maximum atomic E-state index is 12.9. The predicted molar refractivity (Wildman–Crippen MR) is 88.8 cm³/mol. The van der Waals surface area contributed by atoms with Crippen LogP contribution in [0.3, 0.4) is 0 Å². The summed E-state index contributed by atoms with van der Waals surface area (Å²) in [4.78, 5) is 27.2. The van der Waals surface area contributed by atoms with E-state index in [0.29, 0.717) is 38.5 Å². The Balaban J connectivity index is 1.84. The van der Waals surface area contributed by atoms with Crippen molar-refractivity contribution >= 4 is 11.8 Å². The molecular formula is C18H26N2O4. The first-order valence-electron chi connectivity index (χ1n) is 8.76. The van der Waals surface area contributed by atoms with Gasteiger partial charge in [-0.15, -0.1) is 0 Å². The van der Waals surface area contributed by atoms with Gasteiger partial charge in [-0.25, -0.2) is 0 Å². The lowest BCUT2D eigenvalue weighted by molar-refractivity contribution is -0.138. The van der Waals surface area contributed by atoms with Crippen LogP contribution in [0, 0.1) is 11.3 Å². The van der Waals surface area contributed by atoms with E-state index >= 15 is 0 Å². The van der Waals surface area contributed by atoms with Crippen molar-refractivity contribution in [2.45, 2.75) is 33.1 Å². The summed E-state index contributed by atoms with van der Waals surface area (Å²) in [6, 6.07) is 1.85. The minimum absolute atomic E-state index is 0.00837. The van der Waals surface area contributed by atoms with Gasteiger partial charge in [0.15, 0.2) is 5.76 Å². The Labute approximate surface area is 142 Å². The van der Waals surface area contributed by atoms with E-state index in [4.69, 9.17) is 9.15 Å². The van der Waals surface area contributed by atoms with E-state index in [1.807, 2.05) is 13.0 Å². The number of nitrogens with zero attached hydrogens (tertiary/aromatic N) is 1. The number of ether oxygens (including phenoxy) is 1. The van der Waals surface area contributed by atoms with Crippen molar-refractivity contribution < 1.29 is 18.7 Å². The standard InChI is InChI=1S/C18H26N2O4/c1-4-12-8-15(24-14(12)5-2)16(21)20-9-13-10-23-7-6-18(13,11-20)17(22)19-3/h8,13H,4-7,9-11H2,1-3H3,(H,19,22)/t13-,18+/m1/s1. The van der Waals surface area contributed by atoms with Crippen molar-refractivity contribution in [1.29, 1.82) is 0 Å². The third kappa shape index (κ3) is 2.62. The molecule has 0 spiro atoms. The van der Waals surface area contributed by atoms with Crippen LogP contribution in [0.1, 0.15) is 42.1 Å². The van der Waals surface area contributed by atoms with Crippen molar-refractivity contribution in [3.63, 3.8) is 0 Å². The van der Waals surface area contributed by atoms with Crippen molar-refractivity contribution in [1.82, 2.24) is 10.2 Å². The molecule has 2 atom stereocenters. The number of carbonyl (C=O) groups is 2. The van der Waals surface area contributed by atoms with Crippen LogP contribution in [-0.2, 0) is 22.4 Å². The summed E-state index contributed by atoms with van der Waals surface area (Å²) in [5, 5.41) is 2.77. The summed E-state index contributed by atoms with van der Waals surface area (Å²) in [6.45, 7) is 6.14. The van der Waals surface area contributed by atoms with E-state index in [1.165, 1.54) is 0 Å².